The highest BCUT2D eigenvalue weighted by molar-refractivity contribution is 9.10. The van der Waals surface area contributed by atoms with E-state index >= 15 is 0 Å². The molecule has 13 heavy (non-hydrogen) atoms. The Labute approximate surface area is 87.9 Å². The topological polar surface area (TPSA) is 29.3 Å². The van der Waals surface area contributed by atoms with Crippen LogP contribution in [0.25, 0.3) is 0 Å². The molecule has 0 aliphatic heterocycles. The Balaban J connectivity index is 2.71. The zero-order chi connectivity index (χ0) is 9.84. The molecule has 0 heterocycles. The number of rotatable bonds is 3. The van der Waals surface area contributed by atoms with Crippen LogP contribution in [0.2, 0.25) is 0 Å². The molecule has 1 atom stereocenters. The molecule has 2 N–H and O–H groups in total. The zero-order valence-corrected chi connectivity index (χ0v) is 9.58. The third-order valence-corrected chi connectivity index (χ3v) is 2.30. The van der Waals surface area contributed by atoms with E-state index in [1.54, 1.807) is 0 Å². The van der Waals surface area contributed by atoms with Crippen molar-refractivity contribution in [3.8, 4) is 0 Å². The molecule has 2 nitrogen and oxygen atoms in total. The van der Waals surface area contributed by atoms with E-state index in [-0.39, 0.29) is 6.04 Å². The number of halogens is 1. The summed E-state index contributed by atoms with van der Waals surface area (Å²) in [6.45, 7) is 2.88. The molecule has 72 valence electrons. The van der Waals surface area contributed by atoms with E-state index < -0.39 is 0 Å². The first kappa shape index (κ1) is 10.5. The maximum absolute atomic E-state index is 5.72. The molecule has 1 aromatic carbocycles. The number of anilines is 1. The third-order valence-electron chi connectivity index (χ3n) is 1.81. The number of benzene rings is 1. The van der Waals surface area contributed by atoms with Gasteiger partial charge < -0.3 is 10.6 Å². The van der Waals surface area contributed by atoms with Gasteiger partial charge in [0.05, 0.1) is 0 Å². The maximum Gasteiger partial charge on any atom is 0.0375 e. The second kappa shape index (κ2) is 4.63. The van der Waals surface area contributed by atoms with Crippen molar-refractivity contribution < 1.29 is 0 Å². The molecule has 0 saturated heterocycles. The van der Waals surface area contributed by atoms with Gasteiger partial charge in [-0.05, 0) is 25.1 Å². The molecule has 0 bridgehead atoms. The predicted molar refractivity (Wildman–Crippen MR) is 61.1 cm³/mol. The normalized spacial score (nSPS) is 12.6. The van der Waals surface area contributed by atoms with E-state index in [4.69, 9.17) is 5.73 Å². The van der Waals surface area contributed by atoms with Gasteiger partial charge in [0.15, 0.2) is 0 Å². The Morgan fingerprint density at radius 3 is 2.77 bits per heavy atom. The Hall–Kier alpha value is -0.540. The molecule has 1 aromatic rings. The van der Waals surface area contributed by atoms with Crippen LogP contribution in [0, 0.1) is 0 Å². The van der Waals surface area contributed by atoms with Crippen molar-refractivity contribution in [2.24, 2.45) is 5.73 Å². The van der Waals surface area contributed by atoms with Gasteiger partial charge in [0.2, 0.25) is 0 Å². The minimum atomic E-state index is 0.198. The highest BCUT2D eigenvalue weighted by atomic mass is 79.9. The summed E-state index contributed by atoms with van der Waals surface area (Å²) < 4.78 is 1.10. The first-order chi connectivity index (χ1) is 6.09. The quantitative estimate of drug-likeness (QED) is 0.882. The Kier molecular flexibility index (Phi) is 3.75. The van der Waals surface area contributed by atoms with Crippen molar-refractivity contribution in [3.63, 3.8) is 0 Å². The molecule has 1 rings (SSSR count). The molecular formula is C10H15BrN2. The lowest BCUT2D eigenvalue weighted by atomic mass is 10.2. The summed E-state index contributed by atoms with van der Waals surface area (Å²) >= 11 is 3.44. The number of hydrogen-bond acceptors (Lipinski definition) is 2. The van der Waals surface area contributed by atoms with E-state index in [1.165, 1.54) is 5.69 Å². The van der Waals surface area contributed by atoms with Gasteiger partial charge in [-0.1, -0.05) is 22.0 Å². The molecule has 0 aliphatic rings. The monoisotopic (exact) mass is 242 g/mol. The second-order valence-electron chi connectivity index (χ2n) is 3.34. The Bertz CT molecular complexity index is 273. The van der Waals surface area contributed by atoms with Gasteiger partial charge in [-0.15, -0.1) is 0 Å². The fourth-order valence-electron chi connectivity index (χ4n) is 1.25. The summed E-state index contributed by atoms with van der Waals surface area (Å²) in [5.41, 5.74) is 6.90. The summed E-state index contributed by atoms with van der Waals surface area (Å²) in [6, 6.07) is 8.40. The fourth-order valence-corrected chi connectivity index (χ4v) is 1.64. The van der Waals surface area contributed by atoms with Crippen molar-refractivity contribution in [2.75, 3.05) is 18.5 Å². The smallest absolute Gasteiger partial charge is 0.0375 e. The maximum atomic E-state index is 5.72. The van der Waals surface area contributed by atoms with E-state index in [1.807, 2.05) is 26.1 Å². The van der Waals surface area contributed by atoms with E-state index in [0.717, 1.165) is 11.0 Å². The van der Waals surface area contributed by atoms with Crippen LogP contribution < -0.4 is 10.6 Å². The van der Waals surface area contributed by atoms with Gasteiger partial charge in [-0.3, -0.25) is 0 Å². The molecule has 3 heteroatoms. The number of nitrogens with zero attached hydrogens (tertiary/aromatic N) is 1. The van der Waals surface area contributed by atoms with Crippen molar-refractivity contribution >= 4 is 21.6 Å². The molecule has 0 saturated carbocycles. The number of hydrogen-bond donors (Lipinski definition) is 1. The first-order valence-corrected chi connectivity index (χ1v) is 5.11. The van der Waals surface area contributed by atoms with Crippen LogP contribution in [0.3, 0.4) is 0 Å². The molecule has 0 amide bonds. The molecule has 0 radical (unpaired) electrons. The molecule has 0 fully saturated rings. The van der Waals surface area contributed by atoms with Gasteiger partial charge in [0, 0.05) is 29.8 Å². The lowest BCUT2D eigenvalue weighted by molar-refractivity contribution is 0.717. The third kappa shape index (κ3) is 3.36. The van der Waals surface area contributed by atoms with E-state index in [9.17, 15) is 0 Å². The van der Waals surface area contributed by atoms with Crippen LogP contribution in [0.4, 0.5) is 5.69 Å². The molecule has 1 unspecified atom stereocenters. The standard InChI is InChI=1S/C10H15BrN2/c1-8(12)7-13(2)10-5-3-4-9(11)6-10/h3-6,8H,7,12H2,1-2H3. The van der Waals surface area contributed by atoms with E-state index in [0.29, 0.717) is 0 Å². The molecular weight excluding hydrogens is 228 g/mol. The van der Waals surface area contributed by atoms with Crippen molar-refractivity contribution in [1.29, 1.82) is 0 Å². The largest absolute Gasteiger partial charge is 0.373 e. The summed E-state index contributed by atoms with van der Waals surface area (Å²) in [7, 11) is 2.05. The van der Waals surface area contributed by atoms with Crippen LogP contribution >= 0.6 is 15.9 Å². The van der Waals surface area contributed by atoms with Crippen LogP contribution in [0.15, 0.2) is 28.7 Å². The average molecular weight is 243 g/mol. The lowest BCUT2D eigenvalue weighted by Crippen LogP contribution is -2.32. The van der Waals surface area contributed by atoms with Crippen molar-refractivity contribution in [1.82, 2.24) is 0 Å². The van der Waals surface area contributed by atoms with Gasteiger partial charge in [-0.2, -0.15) is 0 Å². The van der Waals surface area contributed by atoms with Crippen LogP contribution in [-0.4, -0.2) is 19.6 Å². The highest BCUT2D eigenvalue weighted by Gasteiger charge is 2.02. The summed E-state index contributed by atoms with van der Waals surface area (Å²) in [6.07, 6.45) is 0. The van der Waals surface area contributed by atoms with Gasteiger partial charge in [-0.25, -0.2) is 0 Å². The predicted octanol–water partition coefficient (Wildman–Crippen LogP) is 2.23. The average Bonchev–Trinajstić information content (AvgIpc) is 2.03. The number of likely N-dealkylation sites (N-methyl/N-ethyl adjacent to an activating group) is 1. The summed E-state index contributed by atoms with van der Waals surface area (Å²) in [5.74, 6) is 0. The van der Waals surface area contributed by atoms with Crippen molar-refractivity contribution in [3.05, 3.63) is 28.7 Å². The Morgan fingerprint density at radius 2 is 2.23 bits per heavy atom. The molecule has 0 spiro atoms. The highest BCUT2D eigenvalue weighted by Crippen LogP contribution is 2.18. The first-order valence-electron chi connectivity index (χ1n) is 4.32. The van der Waals surface area contributed by atoms with E-state index in [2.05, 4.69) is 33.0 Å². The van der Waals surface area contributed by atoms with Crippen LogP contribution in [-0.2, 0) is 0 Å². The molecule has 0 aliphatic carbocycles. The van der Waals surface area contributed by atoms with Gasteiger partial charge in [0.1, 0.15) is 0 Å². The Morgan fingerprint density at radius 1 is 1.54 bits per heavy atom. The summed E-state index contributed by atoms with van der Waals surface area (Å²) in [5, 5.41) is 0. The SMILES string of the molecule is CC(N)CN(C)c1cccc(Br)c1. The minimum Gasteiger partial charge on any atom is -0.373 e. The lowest BCUT2D eigenvalue weighted by Gasteiger charge is -2.21. The zero-order valence-electron chi connectivity index (χ0n) is 8.00. The van der Waals surface area contributed by atoms with Gasteiger partial charge in [0.25, 0.3) is 0 Å². The van der Waals surface area contributed by atoms with Gasteiger partial charge >= 0.3 is 0 Å². The minimum absolute atomic E-state index is 0.198. The second-order valence-corrected chi connectivity index (χ2v) is 4.25. The number of nitrogens with two attached hydrogens (primary N) is 1. The van der Waals surface area contributed by atoms with Crippen LogP contribution in [0.1, 0.15) is 6.92 Å². The summed E-state index contributed by atoms with van der Waals surface area (Å²) in [4.78, 5) is 2.15. The van der Waals surface area contributed by atoms with Crippen LogP contribution in [0.5, 0.6) is 0 Å². The fraction of sp³-hybridized carbons (Fsp3) is 0.400. The van der Waals surface area contributed by atoms with Crippen molar-refractivity contribution in [2.45, 2.75) is 13.0 Å². The molecule has 0 aromatic heterocycles.